The number of H-pyrrole nitrogens is 1. The zero-order valence-corrected chi connectivity index (χ0v) is 21.2. The predicted molar refractivity (Wildman–Crippen MR) is 130 cm³/mol. The van der Waals surface area contributed by atoms with Crippen molar-refractivity contribution in [2.24, 2.45) is 0 Å². The van der Waals surface area contributed by atoms with Crippen molar-refractivity contribution < 1.29 is 33.3 Å². The molecule has 14 nitrogen and oxygen atoms in total. The number of esters is 1. The van der Waals surface area contributed by atoms with Crippen LogP contribution in [0.25, 0.3) is 11.4 Å². The Morgan fingerprint density at radius 1 is 1.19 bits per heavy atom. The number of benzene rings is 1. The number of nitro groups is 1. The number of likely N-dealkylation sites (N-methyl/N-ethyl adjacent to an activating group) is 1. The van der Waals surface area contributed by atoms with Crippen molar-refractivity contribution in [1.29, 1.82) is 0 Å². The van der Waals surface area contributed by atoms with Gasteiger partial charge in [0.25, 0.3) is 0 Å². The summed E-state index contributed by atoms with van der Waals surface area (Å²) in [6.07, 6.45) is 4.43. The highest BCUT2D eigenvalue weighted by Gasteiger charge is 2.32. The molecule has 0 aliphatic rings. The minimum atomic E-state index is -1.78. The summed E-state index contributed by atoms with van der Waals surface area (Å²) in [7, 11) is 3.23. The fraction of sp³-hybridized carbons (Fsp3) is 0.318. The number of hydrogen-bond acceptors (Lipinski definition) is 11. The summed E-state index contributed by atoms with van der Waals surface area (Å²) >= 11 is -1.78. The summed E-state index contributed by atoms with van der Waals surface area (Å²) < 4.78 is 27.9. The molecule has 37 heavy (non-hydrogen) atoms. The lowest BCUT2D eigenvalue weighted by Gasteiger charge is -2.14. The molecule has 0 spiro atoms. The molecule has 0 radical (unpaired) electrons. The number of nitrogens with zero attached hydrogens (tertiary/aromatic N) is 5. The molecule has 1 aromatic carbocycles. The van der Waals surface area contributed by atoms with Crippen LogP contribution in [0.4, 0.5) is 5.69 Å². The standard InChI is InChI=1S/C22H24N6O8S/c1-5-34-17(30)12-35-20-18(28(31)32)21(26-22(25-20)37(4)33)36-15-9-13(10-16(29)27(2)3)8-14(11-15)19-23-6-7-24-19/h6-9,11H,5,10,12H2,1-4H3,(H,23,24). The quantitative estimate of drug-likeness (QED) is 0.125. The number of carbonyl (C=O) groups is 2. The molecule has 0 bridgehead atoms. The van der Waals surface area contributed by atoms with Gasteiger partial charge in [-0.2, -0.15) is 0 Å². The molecule has 0 saturated heterocycles. The van der Waals surface area contributed by atoms with Crippen molar-refractivity contribution in [1.82, 2.24) is 24.8 Å². The summed E-state index contributed by atoms with van der Waals surface area (Å²) in [6.45, 7) is 0.996. The van der Waals surface area contributed by atoms with Gasteiger partial charge in [0, 0.05) is 43.2 Å². The lowest BCUT2D eigenvalue weighted by molar-refractivity contribution is -0.387. The average Bonchev–Trinajstić information content (AvgIpc) is 3.37. The molecule has 3 aromatic rings. The molecule has 1 amide bonds. The highest BCUT2D eigenvalue weighted by molar-refractivity contribution is 7.90. The molecule has 1 atom stereocenters. The van der Waals surface area contributed by atoms with E-state index in [1.165, 1.54) is 23.3 Å². The summed E-state index contributed by atoms with van der Waals surface area (Å²) in [5, 5.41) is 11.6. The van der Waals surface area contributed by atoms with Crippen LogP contribution < -0.4 is 9.47 Å². The molecular formula is C22H24N6O8S. The zero-order chi connectivity index (χ0) is 27.1. The van der Waals surface area contributed by atoms with E-state index in [9.17, 15) is 24.3 Å². The van der Waals surface area contributed by atoms with Gasteiger partial charge in [-0.25, -0.2) is 9.78 Å². The third kappa shape index (κ3) is 7.14. The minimum absolute atomic E-state index is 0.0158. The van der Waals surface area contributed by atoms with Gasteiger partial charge in [0.2, 0.25) is 5.91 Å². The lowest BCUT2D eigenvalue weighted by Crippen LogP contribution is -2.23. The van der Waals surface area contributed by atoms with Crippen molar-refractivity contribution in [3.63, 3.8) is 0 Å². The molecule has 3 rings (SSSR count). The van der Waals surface area contributed by atoms with Crippen LogP contribution in [0.15, 0.2) is 35.7 Å². The van der Waals surface area contributed by atoms with Crippen LogP contribution >= 0.6 is 0 Å². The van der Waals surface area contributed by atoms with Crippen LogP contribution in [0.2, 0.25) is 0 Å². The summed E-state index contributed by atoms with van der Waals surface area (Å²) in [6, 6.07) is 4.78. The SMILES string of the molecule is CCOC(=O)COc1nc([S+](C)[O-])nc(Oc2cc(CC(=O)N(C)C)cc(-c3ncc[nH]3)c2)c1[N+](=O)[O-]. The highest BCUT2D eigenvalue weighted by atomic mass is 32.2. The first-order chi connectivity index (χ1) is 17.6. The maximum Gasteiger partial charge on any atom is 0.393 e. The Morgan fingerprint density at radius 2 is 1.92 bits per heavy atom. The van der Waals surface area contributed by atoms with Crippen molar-refractivity contribution >= 4 is 28.7 Å². The predicted octanol–water partition coefficient (Wildman–Crippen LogP) is 1.88. The number of aromatic amines is 1. The van der Waals surface area contributed by atoms with Gasteiger partial charge in [0.15, 0.2) is 6.61 Å². The fourth-order valence-electron chi connectivity index (χ4n) is 3.01. The molecule has 0 saturated carbocycles. The van der Waals surface area contributed by atoms with E-state index in [4.69, 9.17) is 14.2 Å². The Bertz CT molecular complexity index is 1280. The van der Waals surface area contributed by atoms with Crippen LogP contribution in [0, 0.1) is 10.1 Å². The van der Waals surface area contributed by atoms with Crippen molar-refractivity contribution in [3.05, 3.63) is 46.3 Å². The van der Waals surface area contributed by atoms with E-state index in [1.807, 2.05) is 0 Å². The maximum absolute atomic E-state index is 12.3. The lowest BCUT2D eigenvalue weighted by atomic mass is 10.1. The molecule has 15 heteroatoms. The van der Waals surface area contributed by atoms with Crippen LogP contribution in [0.1, 0.15) is 12.5 Å². The molecule has 0 aliphatic carbocycles. The Kier molecular flexibility index (Phi) is 8.97. The second-order valence-corrected chi connectivity index (χ2v) is 8.91. The van der Waals surface area contributed by atoms with E-state index < -0.39 is 46.1 Å². The second kappa shape index (κ2) is 12.1. The number of nitrogens with one attached hydrogen (secondary N) is 1. The number of rotatable bonds is 11. The third-order valence-electron chi connectivity index (χ3n) is 4.68. The number of aromatic nitrogens is 4. The maximum atomic E-state index is 12.3. The molecule has 0 aliphatic heterocycles. The molecule has 2 heterocycles. The number of imidazole rings is 1. The topological polar surface area (TPSA) is 186 Å². The van der Waals surface area contributed by atoms with Gasteiger partial charge in [-0.05, 0) is 30.7 Å². The smallest absolute Gasteiger partial charge is 0.393 e. The monoisotopic (exact) mass is 532 g/mol. The Morgan fingerprint density at radius 3 is 2.51 bits per heavy atom. The van der Waals surface area contributed by atoms with Gasteiger partial charge < -0.3 is 28.6 Å². The van der Waals surface area contributed by atoms with Crippen molar-refractivity contribution in [2.75, 3.05) is 33.6 Å². The summed E-state index contributed by atoms with van der Waals surface area (Å²) in [4.78, 5) is 51.5. The van der Waals surface area contributed by atoms with Gasteiger partial charge in [0.1, 0.15) is 17.8 Å². The Labute approximate surface area is 214 Å². The highest BCUT2D eigenvalue weighted by Crippen LogP contribution is 2.38. The van der Waals surface area contributed by atoms with E-state index in [0.717, 1.165) is 0 Å². The Hall–Kier alpha value is -4.24. The first kappa shape index (κ1) is 27.3. The number of carbonyl (C=O) groups excluding carboxylic acids is 2. The molecule has 2 aromatic heterocycles. The average molecular weight is 533 g/mol. The third-order valence-corrected chi connectivity index (χ3v) is 5.37. The molecule has 1 N–H and O–H groups in total. The van der Waals surface area contributed by atoms with E-state index >= 15 is 0 Å². The van der Waals surface area contributed by atoms with Crippen LogP contribution in [0.5, 0.6) is 17.5 Å². The van der Waals surface area contributed by atoms with Gasteiger partial charge in [-0.15, -0.1) is 9.97 Å². The first-order valence-electron chi connectivity index (χ1n) is 10.8. The van der Waals surface area contributed by atoms with Crippen LogP contribution in [-0.2, 0) is 31.9 Å². The molecular weight excluding hydrogens is 508 g/mol. The molecule has 196 valence electrons. The van der Waals surface area contributed by atoms with Gasteiger partial charge in [-0.1, -0.05) is 0 Å². The van der Waals surface area contributed by atoms with E-state index in [1.54, 1.807) is 39.5 Å². The van der Waals surface area contributed by atoms with Gasteiger partial charge in [0.05, 0.1) is 18.0 Å². The van der Waals surface area contributed by atoms with Crippen LogP contribution in [-0.4, -0.2) is 79.8 Å². The Balaban J connectivity index is 2.08. The molecule has 1 unspecified atom stereocenters. The summed E-state index contributed by atoms with van der Waals surface area (Å²) in [5.74, 6) is -1.59. The van der Waals surface area contributed by atoms with Gasteiger partial charge in [-0.3, -0.25) is 14.9 Å². The van der Waals surface area contributed by atoms with E-state index in [0.29, 0.717) is 17.0 Å². The second-order valence-electron chi connectivity index (χ2n) is 7.64. The van der Waals surface area contributed by atoms with Crippen molar-refractivity contribution in [3.8, 4) is 28.9 Å². The molecule has 0 fully saturated rings. The largest absolute Gasteiger partial charge is 0.609 e. The number of hydrogen-bond donors (Lipinski definition) is 1. The fourth-order valence-corrected chi connectivity index (χ4v) is 3.43. The minimum Gasteiger partial charge on any atom is -0.609 e. The van der Waals surface area contributed by atoms with Crippen LogP contribution in [0.3, 0.4) is 0 Å². The normalized spacial score (nSPS) is 11.5. The zero-order valence-electron chi connectivity index (χ0n) is 20.4. The van der Waals surface area contributed by atoms with Gasteiger partial charge >= 0.3 is 28.6 Å². The van der Waals surface area contributed by atoms with E-state index in [-0.39, 0.29) is 29.8 Å². The number of ether oxygens (including phenoxy) is 3. The van der Waals surface area contributed by atoms with Crippen molar-refractivity contribution in [2.45, 2.75) is 18.5 Å². The summed E-state index contributed by atoms with van der Waals surface area (Å²) in [5.41, 5.74) is 0.295. The number of amides is 1. The van der Waals surface area contributed by atoms with E-state index in [2.05, 4.69) is 19.9 Å². The first-order valence-corrected chi connectivity index (χ1v) is 12.3.